The zero-order valence-corrected chi connectivity index (χ0v) is 10.7. The van der Waals surface area contributed by atoms with Gasteiger partial charge >= 0.3 is 0 Å². The van der Waals surface area contributed by atoms with E-state index in [1.54, 1.807) is 6.20 Å². The molecule has 0 saturated carbocycles. The predicted molar refractivity (Wildman–Crippen MR) is 67.2 cm³/mol. The molecule has 1 saturated heterocycles. The van der Waals surface area contributed by atoms with Gasteiger partial charge in [-0.15, -0.1) is 0 Å². The smallest absolute Gasteiger partial charge is 0.214 e. The van der Waals surface area contributed by atoms with Gasteiger partial charge in [0.25, 0.3) is 0 Å². The zero-order valence-electron chi connectivity index (χ0n) is 9.89. The summed E-state index contributed by atoms with van der Waals surface area (Å²) < 4.78 is 25.0. The summed E-state index contributed by atoms with van der Waals surface area (Å²) in [4.78, 5) is 4.23. The topological polar surface area (TPSA) is 62.3 Å². The first-order chi connectivity index (χ1) is 8.13. The van der Waals surface area contributed by atoms with Gasteiger partial charge < -0.3 is 5.32 Å². The summed E-state index contributed by atoms with van der Waals surface area (Å²) in [7, 11) is -3.04. The number of rotatable bonds is 4. The molecule has 1 fully saturated rings. The number of hydrogen-bond acceptors (Lipinski definition) is 4. The number of sulfonamides is 1. The first-order valence-corrected chi connectivity index (χ1v) is 7.40. The fourth-order valence-electron chi connectivity index (χ4n) is 1.95. The molecule has 6 heteroatoms. The molecule has 0 atom stereocenters. The van der Waals surface area contributed by atoms with Crippen molar-refractivity contribution >= 4 is 15.8 Å². The van der Waals surface area contributed by atoms with E-state index in [2.05, 4.69) is 10.3 Å². The Morgan fingerprint density at radius 1 is 1.53 bits per heavy atom. The van der Waals surface area contributed by atoms with Crippen LogP contribution in [0.4, 0.5) is 5.82 Å². The Bertz CT molecular complexity index is 487. The standard InChI is InChI=1S/C11H17N3O2S/c1-2-12-11-10(5-3-6-13-11)9-14-7-4-8-17(14,15)16/h3,5-6H,2,4,7-9H2,1H3,(H,12,13). The number of pyridine rings is 1. The summed E-state index contributed by atoms with van der Waals surface area (Å²) in [6.45, 7) is 3.79. The highest BCUT2D eigenvalue weighted by Gasteiger charge is 2.28. The normalized spacial score (nSPS) is 19.4. The summed E-state index contributed by atoms with van der Waals surface area (Å²) in [5.41, 5.74) is 0.930. The Hall–Kier alpha value is -1.14. The van der Waals surface area contributed by atoms with Crippen LogP contribution in [-0.2, 0) is 16.6 Å². The van der Waals surface area contributed by atoms with Crippen molar-refractivity contribution in [2.24, 2.45) is 0 Å². The third kappa shape index (κ3) is 2.76. The molecule has 17 heavy (non-hydrogen) atoms. The second-order valence-electron chi connectivity index (χ2n) is 4.04. The molecule has 1 aromatic rings. The highest BCUT2D eigenvalue weighted by atomic mass is 32.2. The Labute approximate surface area is 102 Å². The molecule has 2 heterocycles. The van der Waals surface area contributed by atoms with Gasteiger partial charge in [0.05, 0.1) is 5.75 Å². The van der Waals surface area contributed by atoms with Crippen molar-refractivity contribution in [1.29, 1.82) is 0 Å². The summed E-state index contributed by atoms with van der Waals surface area (Å²) in [5.74, 6) is 1.04. The van der Waals surface area contributed by atoms with Crippen LogP contribution in [0.5, 0.6) is 0 Å². The molecule has 0 aliphatic carbocycles. The highest BCUT2D eigenvalue weighted by molar-refractivity contribution is 7.89. The number of anilines is 1. The van der Waals surface area contributed by atoms with Crippen LogP contribution in [0.25, 0.3) is 0 Å². The van der Waals surface area contributed by atoms with Gasteiger partial charge in [0.1, 0.15) is 5.82 Å². The minimum Gasteiger partial charge on any atom is -0.370 e. The van der Waals surface area contributed by atoms with Gasteiger partial charge in [0.2, 0.25) is 10.0 Å². The van der Waals surface area contributed by atoms with E-state index in [-0.39, 0.29) is 5.75 Å². The van der Waals surface area contributed by atoms with Crippen LogP contribution >= 0.6 is 0 Å². The number of nitrogens with one attached hydrogen (secondary N) is 1. The molecule has 1 aromatic heterocycles. The molecule has 0 bridgehead atoms. The lowest BCUT2D eigenvalue weighted by molar-refractivity contribution is 0.440. The van der Waals surface area contributed by atoms with Crippen molar-refractivity contribution in [1.82, 2.24) is 9.29 Å². The van der Waals surface area contributed by atoms with Crippen molar-refractivity contribution in [3.8, 4) is 0 Å². The molecular formula is C11H17N3O2S. The molecule has 1 aliphatic heterocycles. The van der Waals surface area contributed by atoms with Gasteiger partial charge in [-0.25, -0.2) is 13.4 Å². The second kappa shape index (κ2) is 5.01. The van der Waals surface area contributed by atoms with Crippen LogP contribution in [0.2, 0.25) is 0 Å². The van der Waals surface area contributed by atoms with Crippen LogP contribution in [0.15, 0.2) is 18.3 Å². The van der Waals surface area contributed by atoms with Crippen LogP contribution in [0, 0.1) is 0 Å². The predicted octanol–water partition coefficient (Wildman–Crippen LogP) is 1.05. The van der Waals surface area contributed by atoms with Crippen molar-refractivity contribution < 1.29 is 8.42 Å². The summed E-state index contributed by atoms with van der Waals surface area (Å²) >= 11 is 0. The van der Waals surface area contributed by atoms with Gasteiger partial charge in [0, 0.05) is 31.4 Å². The number of aromatic nitrogens is 1. The van der Waals surface area contributed by atoms with Gasteiger partial charge in [0.15, 0.2) is 0 Å². The van der Waals surface area contributed by atoms with Gasteiger partial charge in [-0.1, -0.05) is 6.07 Å². The molecule has 2 rings (SSSR count). The lowest BCUT2D eigenvalue weighted by Gasteiger charge is -2.16. The molecule has 0 unspecified atom stereocenters. The zero-order chi connectivity index (χ0) is 12.3. The van der Waals surface area contributed by atoms with Gasteiger partial charge in [-0.3, -0.25) is 0 Å². The molecule has 0 aromatic carbocycles. The minimum absolute atomic E-state index is 0.268. The third-order valence-electron chi connectivity index (χ3n) is 2.79. The maximum absolute atomic E-state index is 11.7. The van der Waals surface area contributed by atoms with Crippen LogP contribution in [0.1, 0.15) is 18.9 Å². The molecule has 1 aliphatic rings. The van der Waals surface area contributed by atoms with Crippen LogP contribution in [-0.4, -0.2) is 36.5 Å². The molecule has 5 nitrogen and oxygen atoms in total. The van der Waals surface area contributed by atoms with E-state index in [9.17, 15) is 8.42 Å². The third-order valence-corrected chi connectivity index (χ3v) is 4.69. The van der Waals surface area contributed by atoms with Crippen molar-refractivity contribution in [3.63, 3.8) is 0 Å². The summed E-state index contributed by atoms with van der Waals surface area (Å²) in [6.07, 6.45) is 2.43. The molecule has 94 valence electrons. The first-order valence-electron chi connectivity index (χ1n) is 5.79. The molecular weight excluding hydrogens is 238 g/mol. The largest absolute Gasteiger partial charge is 0.370 e. The van der Waals surface area contributed by atoms with Crippen molar-refractivity contribution in [2.45, 2.75) is 19.9 Å². The van der Waals surface area contributed by atoms with Crippen molar-refractivity contribution in [3.05, 3.63) is 23.9 Å². The van der Waals surface area contributed by atoms with E-state index >= 15 is 0 Å². The molecule has 0 amide bonds. The highest BCUT2D eigenvalue weighted by Crippen LogP contribution is 2.20. The summed E-state index contributed by atoms with van der Waals surface area (Å²) in [6, 6.07) is 3.75. The molecule has 1 N–H and O–H groups in total. The van der Waals surface area contributed by atoms with E-state index in [0.717, 1.165) is 24.3 Å². The van der Waals surface area contributed by atoms with Crippen LogP contribution in [0.3, 0.4) is 0 Å². The summed E-state index contributed by atoms with van der Waals surface area (Å²) in [5, 5.41) is 3.14. The van der Waals surface area contributed by atoms with Crippen molar-refractivity contribution in [2.75, 3.05) is 24.2 Å². The van der Waals surface area contributed by atoms with Gasteiger partial charge in [-0.2, -0.15) is 4.31 Å². The monoisotopic (exact) mass is 255 g/mol. The van der Waals surface area contributed by atoms with E-state index in [4.69, 9.17) is 0 Å². The Balaban J connectivity index is 2.18. The fourth-order valence-corrected chi connectivity index (χ4v) is 3.45. The van der Waals surface area contributed by atoms with E-state index in [1.807, 2.05) is 19.1 Å². The Morgan fingerprint density at radius 2 is 2.35 bits per heavy atom. The number of hydrogen-bond donors (Lipinski definition) is 1. The van der Waals surface area contributed by atoms with Crippen LogP contribution < -0.4 is 5.32 Å². The van der Waals surface area contributed by atoms with E-state index in [1.165, 1.54) is 4.31 Å². The molecule has 0 radical (unpaired) electrons. The van der Waals surface area contributed by atoms with E-state index < -0.39 is 10.0 Å². The van der Waals surface area contributed by atoms with E-state index in [0.29, 0.717) is 13.1 Å². The lowest BCUT2D eigenvalue weighted by Crippen LogP contribution is -2.25. The number of nitrogens with zero attached hydrogens (tertiary/aromatic N) is 2. The molecule has 0 spiro atoms. The average molecular weight is 255 g/mol. The fraction of sp³-hybridized carbons (Fsp3) is 0.545. The lowest BCUT2D eigenvalue weighted by atomic mass is 10.2. The van der Waals surface area contributed by atoms with Gasteiger partial charge in [-0.05, 0) is 19.4 Å². The first kappa shape index (κ1) is 12.3. The Kier molecular flexibility index (Phi) is 3.63. The average Bonchev–Trinajstić information content (AvgIpc) is 2.61. The SMILES string of the molecule is CCNc1ncccc1CN1CCCS1(=O)=O. The maximum atomic E-state index is 11.7. The Morgan fingerprint density at radius 3 is 3.00 bits per heavy atom. The quantitative estimate of drug-likeness (QED) is 0.873. The maximum Gasteiger partial charge on any atom is 0.214 e. The second-order valence-corrected chi connectivity index (χ2v) is 6.13. The minimum atomic E-state index is -3.04.